The van der Waals surface area contributed by atoms with Gasteiger partial charge in [-0.1, -0.05) is 0 Å². The number of rotatable bonds is 7. The highest BCUT2D eigenvalue weighted by atomic mass is 32.2. The first-order chi connectivity index (χ1) is 11.9. The fourth-order valence-corrected chi connectivity index (χ4v) is 4.45. The third-order valence-electron chi connectivity index (χ3n) is 4.19. The average molecular weight is 388 g/mol. The molecule has 1 saturated heterocycles. The molecule has 142 valence electrons. The van der Waals surface area contributed by atoms with Gasteiger partial charge in [-0.3, -0.25) is 4.99 Å². The third kappa shape index (κ3) is 6.91. The molecule has 0 radical (unpaired) electrons. The molecule has 1 aliphatic heterocycles. The maximum Gasteiger partial charge on any atom is 0.211 e. The number of aromatic nitrogens is 1. The quantitative estimate of drug-likeness (QED) is 0.543. The van der Waals surface area contributed by atoms with E-state index >= 15 is 0 Å². The van der Waals surface area contributed by atoms with Crippen LogP contribution in [0.25, 0.3) is 0 Å². The lowest BCUT2D eigenvalue weighted by molar-refractivity contribution is 0.280. The summed E-state index contributed by atoms with van der Waals surface area (Å²) in [5.41, 5.74) is 0. The molecule has 0 saturated carbocycles. The second-order valence-electron chi connectivity index (χ2n) is 6.37. The highest BCUT2D eigenvalue weighted by Crippen LogP contribution is 2.19. The molecule has 7 nitrogen and oxygen atoms in total. The number of aryl methyl sites for hydroxylation is 1. The van der Waals surface area contributed by atoms with Crippen molar-refractivity contribution in [3.8, 4) is 0 Å². The van der Waals surface area contributed by atoms with Crippen LogP contribution in [0.1, 0.15) is 29.7 Å². The fraction of sp³-hybridized carbons (Fsp3) is 0.750. The summed E-state index contributed by atoms with van der Waals surface area (Å²) in [4.78, 5) is 10.3. The van der Waals surface area contributed by atoms with Crippen LogP contribution in [0, 0.1) is 12.8 Å². The van der Waals surface area contributed by atoms with Crippen molar-refractivity contribution in [3.05, 3.63) is 16.1 Å². The number of sulfonamides is 1. The fourth-order valence-electron chi connectivity index (χ4n) is 2.79. The highest BCUT2D eigenvalue weighted by Gasteiger charge is 2.24. The summed E-state index contributed by atoms with van der Waals surface area (Å²) in [6.07, 6.45) is 5.81. The van der Waals surface area contributed by atoms with Gasteiger partial charge in [0.25, 0.3) is 0 Å². The number of hydrogen-bond acceptors (Lipinski definition) is 5. The largest absolute Gasteiger partial charge is 0.357 e. The molecule has 0 amide bonds. The van der Waals surface area contributed by atoms with Crippen molar-refractivity contribution in [1.29, 1.82) is 0 Å². The molecular formula is C16H29N5O2S2. The molecule has 9 heteroatoms. The number of nitrogens with zero attached hydrogens (tertiary/aromatic N) is 3. The Morgan fingerprint density at radius 2 is 2.12 bits per heavy atom. The second kappa shape index (κ2) is 9.49. The van der Waals surface area contributed by atoms with Crippen molar-refractivity contribution in [2.75, 3.05) is 39.0 Å². The second-order valence-corrected chi connectivity index (χ2v) is 9.67. The standard InChI is InChI=1S/C16H29N5O2S2/c1-4-17-16(18-8-5-15-19-11-13(2)24-15)20-12-14-6-9-21(10-7-14)25(3,22)23/h11,14H,4-10,12H2,1-3H3,(H2,17,18,20). The van der Waals surface area contributed by atoms with Crippen LogP contribution in [-0.4, -0.2) is 62.6 Å². The smallest absolute Gasteiger partial charge is 0.211 e. The van der Waals surface area contributed by atoms with Gasteiger partial charge in [0.15, 0.2) is 5.96 Å². The molecule has 1 aromatic rings. The first-order valence-electron chi connectivity index (χ1n) is 8.77. The van der Waals surface area contributed by atoms with E-state index in [0.29, 0.717) is 19.0 Å². The summed E-state index contributed by atoms with van der Waals surface area (Å²) in [5, 5.41) is 7.75. The maximum atomic E-state index is 11.6. The number of nitrogens with one attached hydrogen (secondary N) is 2. The SMILES string of the molecule is CCNC(=NCC1CCN(S(C)(=O)=O)CC1)NCCc1ncc(C)s1. The highest BCUT2D eigenvalue weighted by molar-refractivity contribution is 7.88. The van der Waals surface area contributed by atoms with Crippen LogP contribution in [-0.2, 0) is 16.4 Å². The Bertz CT molecular complexity index is 664. The molecule has 1 fully saturated rings. The van der Waals surface area contributed by atoms with E-state index in [2.05, 4.69) is 27.5 Å². The van der Waals surface area contributed by atoms with E-state index in [1.54, 1.807) is 15.6 Å². The van der Waals surface area contributed by atoms with Crippen LogP contribution in [0.2, 0.25) is 0 Å². The van der Waals surface area contributed by atoms with E-state index in [1.165, 1.54) is 11.1 Å². The predicted molar refractivity (Wildman–Crippen MR) is 104 cm³/mol. The van der Waals surface area contributed by atoms with Crippen molar-refractivity contribution >= 4 is 27.3 Å². The third-order valence-corrected chi connectivity index (χ3v) is 6.47. The zero-order valence-electron chi connectivity index (χ0n) is 15.3. The van der Waals surface area contributed by atoms with Crippen molar-refractivity contribution in [3.63, 3.8) is 0 Å². The van der Waals surface area contributed by atoms with Crippen molar-refractivity contribution in [1.82, 2.24) is 19.9 Å². The number of piperidine rings is 1. The minimum absolute atomic E-state index is 0.440. The summed E-state index contributed by atoms with van der Waals surface area (Å²) in [5.74, 6) is 1.26. The first kappa shape index (κ1) is 20.1. The van der Waals surface area contributed by atoms with E-state index in [4.69, 9.17) is 0 Å². The van der Waals surface area contributed by atoms with Gasteiger partial charge in [-0.05, 0) is 32.6 Å². The molecule has 0 unspecified atom stereocenters. The molecule has 0 spiro atoms. The number of hydrogen-bond donors (Lipinski definition) is 2. The van der Waals surface area contributed by atoms with Gasteiger partial charge in [0.2, 0.25) is 10.0 Å². The molecule has 0 bridgehead atoms. The molecular weight excluding hydrogens is 358 g/mol. The number of guanidine groups is 1. The van der Waals surface area contributed by atoms with Gasteiger partial charge in [-0.25, -0.2) is 17.7 Å². The van der Waals surface area contributed by atoms with E-state index < -0.39 is 10.0 Å². The van der Waals surface area contributed by atoms with Crippen molar-refractivity contribution in [2.24, 2.45) is 10.9 Å². The van der Waals surface area contributed by atoms with Gasteiger partial charge < -0.3 is 10.6 Å². The van der Waals surface area contributed by atoms with Crippen molar-refractivity contribution < 1.29 is 8.42 Å². The summed E-state index contributed by atoms with van der Waals surface area (Å²) >= 11 is 1.73. The van der Waals surface area contributed by atoms with Gasteiger partial charge in [-0.2, -0.15) is 0 Å². The molecule has 2 rings (SSSR count). The molecule has 2 heterocycles. The summed E-state index contributed by atoms with van der Waals surface area (Å²) < 4.78 is 24.7. The van der Waals surface area contributed by atoms with E-state index in [0.717, 1.165) is 49.9 Å². The van der Waals surface area contributed by atoms with E-state index in [1.807, 2.05) is 13.1 Å². The normalized spacial score (nSPS) is 17.6. The molecule has 1 aromatic heterocycles. The zero-order chi connectivity index (χ0) is 18.3. The van der Waals surface area contributed by atoms with Gasteiger partial charge in [0, 0.05) is 50.2 Å². The zero-order valence-corrected chi connectivity index (χ0v) is 16.9. The topological polar surface area (TPSA) is 86.7 Å². The van der Waals surface area contributed by atoms with Crippen LogP contribution in [0.5, 0.6) is 0 Å². The Balaban J connectivity index is 1.77. The molecule has 0 aromatic carbocycles. The average Bonchev–Trinajstić information content (AvgIpc) is 2.97. The minimum atomic E-state index is -3.06. The Kier molecular flexibility index (Phi) is 7.64. The lowest BCUT2D eigenvalue weighted by Gasteiger charge is -2.29. The molecule has 0 atom stereocenters. The summed E-state index contributed by atoms with van der Waals surface area (Å²) in [6, 6.07) is 0. The van der Waals surface area contributed by atoms with E-state index in [9.17, 15) is 8.42 Å². The van der Waals surface area contributed by atoms with Crippen LogP contribution in [0.3, 0.4) is 0 Å². The first-order valence-corrected chi connectivity index (χ1v) is 11.4. The maximum absolute atomic E-state index is 11.6. The van der Waals surface area contributed by atoms with Crippen LogP contribution < -0.4 is 10.6 Å². The molecule has 25 heavy (non-hydrogen) atoms. The Hall–Kier alpha value is -1.19. The van der Waals surface area contributed by atoms with Gasteiger partial charge >= 0.3 is 0 Å². The van der Waals surface area contributed by atoms with Crippen LogP contribution in [0.4, 0.5) is 0 Å². The van der Waals surface area contributed by atoms with E-state index in [-0.39, 0.29) is 0 Å². The molecule has 2 N–H and O–H groups in total. The Labute approximate surface area is 155 Å². The molecule has 0 aliphatic carbocycles. The molecule has 1 aliphatic rings. The van der Waals surface area contributed by atoms with Crippen molar-refractivity contribution in [2.45, 2.75) is 33.1 Å². The number of aliphatic imine (C=N–C) groups is 1. The monoisotopic (exact) mass is 387 g/mol. The van der Waals surface area contributed by atoms with Gasteiger partial charge in [-0.15, -0.1) is 11.3 Å². The summed E-state index contributed by atoms with van der Waals surface area (Å²) in [7, 11) is -3.06. The Morgan fingerprint density at radius 1 is 1.40 bits per heavy atom. The van der Waals surface area contributed by atoms with Crippen LogP contribution >= 0.6 is 11.3 Å². The minimum Gasteiger partial charge on any atom is -0.357 e. The van der Waals surface area contributed by atoms with Crippen LogP contribution in [0.15, 0.2) is 11.2 Å². The Morgan fingerprint density at radius 3 is 2.68 bits per heavy atom. The number of thiazole rings is 1. The van der Waals surface area contributed by atoms with Gasteiger partial charge in [0.1, 0.15) is 0 Å². The van der Waals surface area contributed by atoms with Gasteiger partial charge in [0.05, 0.1) is 11.3 Å². The lowest BCUT2D eigenvalue weighted by atomic mass is 9.98. The summed E-state index contributed by atoms with van der Waals surface area (Å²) in [6.45, 7) is 7.66. The lowest BCUT2D eigenvalue weighted by Crippen LogP contribution is -2.40. The predicted octanol–water partition coefficient (Wildman–Crippen LogP) is 1.22.